The Balaban J connectivity index is 1.35. The van der Waals surface area contributed by atoms with Gasteiger partial charge in [-0.3, -0.25) is 4.79 Å². The van der Waals surface area contributed by atoms with Crippen molar-refractivity contribution < 1.29 is 19.0 Å². The Morgan fingerprint density at radius 2 is 1.68 bits per heavy atom. The highest BCUT2D eigenvalue weighted by Gasteiger charge is 2.36. The van der Waals surface area contributed by atoms with Crippen molar-refractivity contribution in [3.05, 3.63) is 88.5 Å². The number of nitrogens with zero attached hydrogens (tertiary/aromatic N) is 3. The van der Waals surface area contributed by atoms with Crippen LogP contribution in [0.1, 0.15) is 58.4 Å². The molecule has 218 valence electrons. The Labute approximate surface area is 244 Å². The molecule has 0 spiro atoms. The zero-order valence-corrected chi connectivity index (χ0v) is 24.9. The van der Waals surface area contributed by atoms with Gasteiger partial charge in [-0.05, 0) is 61.7 Å². The van der Waals surface area contributed by atoms with Crippen LogP contribution in [0.25, 0.3) is 0 Å². The fourth-order valence-electron chi connectivity index (χ4n) is 6.12. The minimum Gasteiger partial charge on any atom is -0.493 e. The second kappa shape index (κ2) is 13.4. The molecule has 1 saturated heterocycles. The summed E-state index contributed by atoms with van der Waals surface area (Å²) in [4.78, 5) is 20.9. The van der Waals surface area contributed by atoms with Gasteiger partial charge in [0, 0.05) is 56.1 Å². The first-order valence-corrected chi connectivity index (χ1v) is 14.8. The fourth-order valence-corrected chi connectivity index (χ4v) is 6.12. The molecule has 1 amide bonds. The molecule has 7 nitrogen and oxygen atoms in total. The second-order valence-electron chi connectivity index (χ2n) is 11.0. The number of likely N-dealkylation sites (N-methyl/N-ethyl adjacent to an activating group) is 1. The summed E-state index contributed by atoms with van der Waals surface area (Å²) in [5.41, 5.74) is 6.62. The summed E-state index contributed by atoms with van der Waals surface area (Å²) < 4.78 is 17.2. The molecular formula is C34H43N3O4. The lowest BCUT2D eigenvalue weighted by Gasteiger charge is -2.36. The van der Waals surface area contributed by atoms with Gasteiger partial charge in [-0.15, -0.1) is 0 Å². The molecule has 0 aromatic heterocycles. The van der Waals surface area contributed by atoms with Crippen LogP contribution >= 0.6 is 0 Å². The quantitative estimate of drug-likeness (QED) is 0.261. The van der Waals surface area contributed by atoms with Crippen molar-refractivity contribution in [3.63, 3.8) is 0 Å². The summed E-state index contributed by atoms with van der Waals surface area (Å²) >= 11 is 0. The number of piperazine rings is 1. The Hall–Kier alpha value is -3.55. The van der Waals surface area contributed by atoms with Gasteiger partial charge in [-0.1, -0.05) is 48.9 Å². The van der Waals surface area contributed by atoms with E-state index in [0.717, 1.165) is 62.3 Å². The number of methoxy groups -OCH3 is 2. The summed E-state index contributed by atoms with van der Waals surface area (Å²) in [5.74, 6) is 1.44. The number of amides is 1. The molecular weight excluding hydrogens is 514 g/mol. The summed E-state index contributed by atoms with van der Waals surface area (Å²) in [6, 6.07) is 20.5. The molecule has 5 rings (SSSR count). The standard InChI is InChI=1S/C34H43N3O4/c1-5-35-16-18-36(19-17-35)31-12-7-11-28-29(31)23-37(34(28)38)30(27-14-15-32(39-3)33(22-27)40-4)13-8-20-41-24-26-10-6-9-25(2)21-26/h6-7,9-12,14-15,21-22,30H,5,8,13,16-20,23-24H2,1-4H3. The van der Waals surface area contributed by atoms with E-state index in [-0.39, 0.29) is 11.9 Å². The molecule has 3 aromatic rings. The number of hydrogen-bond acceptors (Lipinski definition) is 6. The van der Waals surface area contributed by atoms with E-state index in [9.17, 15) is 4.79 Å². The molecule has 0 N–H and O–H groups in total. The molecule has 2 aliphatic rings. The lowest BCUT2D eigenvalue weighted by molar-refractivity contribution is 0.0660. The van der Waals surface area contributed by atoms with Gasteiger partial charge >= 0.3 is 0 Å². The molecule has 41 heavy (non-hydrogen) atoms. The Morgan fingerprint density at radius 1 is 0.902 bits per heavy atom. The molecule has 0 aliphatic carbocycles. The number of anilines is 1. The Morgan fingerprint density at radius 3 is 2.41 bits per heavy atom. The minimum absolute atomic E-state index is 0.0921. The second-order valence-corrected chi connectivity index (χ2v) is 11.0. The SMILES string of the molecule is CCN1CCN(c2cccc3c2CN(C(CCCOCc2cccc(C)c2)c2ccc(OC)c(OC)c2)C3=O)CC1. The number of benzene rings is 3. The molecule has 0 bridgehead atoms. The Kier molecular flexibility index (Phi) is 9.47. The van der Waals surface area contributed by atoms with Crippen LogP contribution in [0.4, 0.5) is 5.69 Å². The molecule has 0 radical (unpaired) electrons. The van der Waals surface area contributed by atoms with E-state index in [1.807, 2.05) is 29.2 Å². The van der Waals surface area contributed by atoms with Crippen molar-refractivity contribution >= 4 is 11.6 Å². The van der Waals surface area contributed by atoms with Gasteiger partial charge in [0.2, 0.25) is 0 Å². The predicted molar refractivity (Wildman–Crippen MR) is 163 cm³/mol. The maximum absolute atomic E-state index is 13.9. The van der Waals surface area contributed by atoms with Crippen molar-refractivity contribution in [3.8, 4) is 11.5 Å². The maximum atomic E-state index is 13.9. The van der Waals surface area contributed by atoms with E-state index < -0.39 is 0 Å². The van der Waals surface area contributed by atoms with Crippen LogP contribution in [0, 0.1) is 6.92 Å². The molecule has 0 saturated carbocycles. The topological polar surface area (TPSA) is 54.5 Å². The van der Waals surface area contributed by atoms with Crippen molar-refractivity contribution in [2.24, 2.45) is 0 Å². The summed E-state index contributed by atoms with van der Waals surface area (Å²) in [7, 11) is 3.29. The molecule has 3 aromatic carbocycles. The minimum atomic E-state index is -0.109. The van der Waals surface area contributed by atoms with Crippen LogP contribution in [0.15, 0.2) is 60.7 Å². The van der Waals surface area contributed by atoms with E-state index in [2.05, 4.69) is 60.0 Å². The van der Waals surface area contributed by atoms with E-state index in [0.29, 0.717) is 31.3 Å². The Bertz CT molecular complexity index is 1340. The normalized spacial score (nSPS) is 16.1. The van der Waals surface area contributed by atoms with Gasteiger partial charge in [0.25, 0.3) is 5.91 Å². The summed E-state index contributed by atoms with van der Waals surface area (Å²) in [6.07, 6.45) is 1.62. The third kappa shape index (κ3) is 6.52. The number of fused-ring (bicyclic) bond motifs is 1. The van der Waals surface area contributed by atoms with Crippen LogP contribution in [-0.4, -0.2) is 69.3 Å². The first-order chi connectivity index (χ1) is 20.0. The zero-order chi connectivity index (χ0) is 28.8. The first kappa shape index (κ1) is 29.0. The maximum Gasteiger partial charge on any atom is 0.255 e. The van der Waals surface area contributed by atoms with Gasteiger partial charge in [0.1, 0.15) is 0 Å². The number of carbonyl (C=O) groups excluding carboxylic acids is 1. The highest BCUT2D eigenvalue weighted by atomic mass is 16.5. The highest BCUT2D eigenvalue weighted by molar-refractivity contribution is 6.00. The van der Waals surface area contributed by atoms with Crippen molar-refractivity contribution in [1.82, 2.24) is 9.80 Å². The van der Waals surface area contributed by atoms with Gasteiger partial charge in [-0.2, -0.15) is 0 Å². The van der Waals surface area contributed by atoms with E-state index >= 15 is 0 Å². The largest absolute Gasteiger partial charge is 0.493 e. The van der Waals surface area contributed by atoms with Crippen molar-refractivity contribution in [1.29, 1.82) is 0 Å². The van der Waals surface area contributed by atoms with Crippen LogP contribution in [0.5, 0.6) is 11.5 Å². The van der Waals surface area contributed by atoms with Crippen LogP contribution in [-0.2, 0) is 17.9 Å². The molecule has 1 atom stereocenters. The van der Waals surface area contributed by atoms with Crippen molar-refractivity contribution in [2.45, 2.75) is 45.9 Å². The molecule has 7 heteroatoms. The monoisotopic (exact) mass is 557 g/mol. The van der Waals surface area contributed by atoms with Gasteiger partial charge in [0.05, 0.1) is 26.9 Å². The number of hydrogen-bond donors (Lipinski definition) is 0. The van der Waals surface area contributed by atoms with E-state index in [1.165, 1.54) is 16.8 Å². The van der Waals surface area contributed by atoms with Crippen molar-refractivity contribution in [2.75, 3.05) is 58.5 Å². The highest BCUT2D eigenvalue weighted by Crippen LogP contribution is 2.40. The smallest absolute Gasteiger partial charge is 0.255 e. The third-order valence-corrected chi connectivity index (χ3v) is 8.42. The predicted octanol–water partition coefficient (Wildman–Crippen LogP) is 5.85. The van der Waals surface area contributed by atoms with Crippen LogP contribution in [0.2, 0.25) is 0 Å². The lowest BCUT2D eigenvalue weighted by Crippen LogP contribution is -2.46. The lowest BCUT2D eigenvalue weighted by atomic mass is 9.99. The molecule has 2 aliphatic heterocycles. The summed E-state index contributed by atoms with van der Waals surface area (Å²) in [6.45, 7) is 11.3. The van der Waals surface area contributed by atoms with E-state index in [1.54, 1.807) is 14.2 Å². The molecule has 2 heterocycles. The molecule has 1 fully saturated rings. The fraction of sp³-hybridized carbons (Fsp3) is 0.441. The van der Waals surface area contributed by atoms with Gasteiger partial charge in [0.15, 0.2) is 11.5 Å². The van der Waals surface area contributed by atoms with Gasteiger partial charge < -0.3 is 28.9 Å². The van der Waals surface area contributed by atoms with Gasteiger partial charge in [-0.25, -0.2) is 0 Å². The average Bonchev–Trinajstić information content (AvgIpc) is 3.34. The number of carbonyl (C=O) groups is 1. The molecule has 1 unspecified atom stereocenters. The number of ether oxygens (including phenoxy) is 3. The zero-order valence-electron chi connectivity index (χ0n) is 24.9. The summed E-state index contributed by atoms with van der Waals surface area (Å²) in [5, 5.41) is 0. The average molecular weight is 558 g/mol. The third-order valence-electron chi connectivity index (χ3n) is 8.42. The van der Waals surface area contributed by atoms with E-state index in [4.69, 9.17) is 14.2 Å². The number of aryl methyl sites for hydroxylation is 1. The van der Waals surface area contributed by atoms with Crippen LogP contribution in [0.3, 0.4) is 0 Å². The number of rotatable bonds is 12. The van der Waals surface area contributed by atoms with Crippen LogP contribution < -0.4 is 14.4 Å². The first-order valence-electron chi connectivity index (χ1n) is 14.8.